The molecule has 11 heteroatoms. The van der Waals surface area contributed by atoms with Crippen molar-refractivity contribution in [1.29, 1.82) is 0 Å². The highest BCUT2D eigenvalue weighted by Gasteiger charge is 2.33. The van der Waals surface area contributed by atoms with E-state index in [1.807, 2.05) is 36.9 Å². The van der Waals surface area contributed by atoms with Gasteiger partial charge in [-0.25, -0.2) is 19.6 Å². The normalized spacial score (nSPS) is 16.5. The summed E-state index contributed by atoms with van der Waals surface area (Å²) >= 11 is 0. The lowest BCUT2D eigenvalue weighted by Gasteiger charge is -2.32. The number of rotatable bonds is 4. The van der Waals surface area contributed by atoms with E-state index in [9.17, 15) is 13.2 Å². The van der Waals surface area contributed by atoms with E-state index in [2.05, 4.69) is 20.0 Å². The number of aryl methyl sites for hydroxylation is 1. The number of aromatic nitrogens is 6. The molecular weight excluding hydrogens is 447 g/mol. The van der Waals surface area contributed by atoms with E-state index in [-0.39, 0.29) is 6.04 Å². The predicted molar refractivity (Wildman–Crippen MR) is 118 cm³/mol. The molecule has 1 aliphatic rings. The number of alkyl halides is 3. The molecule has 5 rings (SSSR count). The van der Waals surface area contributed by atoms with Crippen LogP contribution in [0.3, 0.4) is 0 Å². The van der Waals surface area contributed by atoms with Gasteiger partial charge in [-0.3, -0.25) is 4.90 Å². The fraction of sp³-hybridized carbons (Fsp3) is 0.304. The zero-order valence-corrected chi connectivity index (χ0v) is 18.8. The number of halogens is 3. The first-order valence-electron chi connectivity index (χ1n) is 10.6. The van der Waals surface area contributed by atoms with Gasteiger partial charge in [0.15, 0.2) is 5.82 Å². The van der Waals surface area contributed by atoms with E-state index in [1.165, 1.54) is 12.1 Å². The fourth-order valence-electron chi connectivity index (χ4n) is 4.12. The Balaban J connectivity index is 1.51. The van der Waals surface area contributed by atoms with E-state index < -0.39 is 11.7 Å². The first-order chi connectivity index (χ1) is 16.2. The maximum atomic E-state index is 13.0. The lowest BCUT2D eigenvalue weighted by atomic mass is 10.0. The number of hydrogen-bond acceptors (Lipinski definition) is 6. The van der Waals surface area contributed by atoms with Gasteiger partial charge >= 0.3 is 6.18 Å². The number of likely N-dealkylation sites (N-methyl/N-ethyl adjacent to an activating group) is 1. The topological polar surface area (TPSA) is 73.9 Å². The molecule has 0 saturated carbocycles. The van der Waals surface area contributed by atoms with Gasteiger partial charge in [0, 0.05) is 12.7 Å². The molecule has 4 heterocycles. The Morgan fingerprint density at radius 1 is 1.03 bits per heavy atom. The highest BCUT2D eigenvalue weighted by atomic mass is 19.4. The maximum absolute atomic E-state index is 13.0. The molecule has 1 aromatic carbocycles. The van der Waals surface area contributed by atoms with Gasteiger partial charge in [-0.15, -0.1) is 5.10 Å². The highest BCUT2D eigenvalue weighted by Crippen LogP contribution is 2.34. The fourth-order valence-corrected chi connectivity index (χ4v) is 4.12. The molecule has 0 saturated heterocycles. The molecule has 34 heavy (non-hydrogen) atoms. The van der Waals surface area contributed by atoms with E-state index in [0.29, 0.717) is 41.9 Å². The molecule has 4 aromatic rings. The van der Waals surface area contributed by atoms with Crippen LogP contribution in [0, 0.1) is 6.92 Å². The first-order valence-corrected chi connectivity index (χ1v) is 10.6. The molecule has 1 atom stereocenters. The number of nitrogens with zero attached hydrogens (tertiary/aromatic N) is 7. The molecule has 0 unspecified atom stereocenters. The van der Waals surface area contributed by atoms with E-state index in [4.69, 9.17) is 9.72 Å². The van der Waals surface area contributed by atoms with E-state index >= 15 is 0 Å². The number of fused-ring (bicyclic) bond motifs is 1. The van der Waals surface area contributed by atoms with Crippen LogP contribution in [-0.2, 0) is 12.7 Å². The minimum atomic E-state index is -4.38. The Kier molecular flexibility index (Phi) is 5.35. The van der Waals surface area contributed by atoms with Crippen LogP contribution in [0.15, 0.2) is 48.9 Å². The Morgan fingerprint density at radius 2 is 1.79 bits per heavy atom. The summed E-state index contributed by atoms with van der Waals surface area (Å²) in [5.74, 6) is 1.48. The summed E-state index contributed by atoms with van der Waals surface area (Å²) in [6.07, 6.45) is -0.819. The second-order valence-electron chi connectivity index (χ2n) is 8.17. The van der Waals surface area contributed by atoms with Gasteiger partial charge in [-0.05, 0) is 43.8 Å². The van der Waals surface area contributed by atoms with E-state index in [0.717, 1.165) is 23.5 Å². The quantitative estimate of drug-likeness (QED) is 0.452. The lowest BCUT2D eigenvalue weighted by molar-refractivity contribution is -0.137. The number of pyridine rings is 1. The average molecular weight is 469 g/mol. The lowest BCUT2D eigenvalue weighted by Crippen LogP contribution is -2.36. The van der Waals surface area contributed by atoms with Crippen LogP contribution in [0.2, 0.25) is 0 Å². The molecule has 3 aromatic heterocycles. The summed E-state index contributed by atoms with van der Waals surface area (Å²) in [7, 11) is 3.46. The molecular formula is C23H22F3N7O. The Bertz CT molecular complexity index is 1330. The van der Waals surface area contributed by atoms with Crippen molar-refractivity contribution in [2.45, 2.75) is 25.7 Å². The third kappa shape index (κ3) is 3.92. The van der Waals surface area contributed by atoms with Crippen molar-refractivity contribution in [2.75, 3.05) is 20.7 Å². The van der Waals surface area contributed by atoms with Crippen LogP contribution in [0.5, 0.6) is 5.88 Å². The van der Waals surface area contributed by atoms with Crippen LogP contribution < -0.4 is 4.74 Å². The van der Waals surface area contributed by atoms with Gasteiger partial charge < -0.3 is 9.30 Å². The number of ether oxygens (including phenoxy) is 1. The molecule has 0 bridgehead atoms. The number of benzene rings is 1. The van der Waals surface area contributed by atoms with Gasteiger partial charge in [0.1, 0.15) is 17.2 Å². The van der Waals surface area contributed by atoms with Crippen molar-refractivity contribution < 1.29 is 17.9 Å². The van der Waals surface area contributed by atoms with Crippen LogP contribution in [0.4, 0.5) is 13.2 Å². The first kappa shape index (κ1) is 22.1. The zero-order valence-electron chi connectivity index (χ0n) is 18.8. The van der Waals surface area contributed by atoms with Crippen LogP contribution in [0.1, 0.15) is 28.7 Å². The molecule has 0 fully saturated rings. The summed E-state index contributed by atoms with van der Waals surface area (Å²) in [5, 5.41) is 4.63. The highest BCUT2D eigenvalue weighted by molar-refractivity contribution is 5.55. The van der Waals surface area contributed by atoms with Crippen molar-refractivity contribution in [2.24, 2.45) is 0 Å². The predicted octanol–water partition coefficient (Wildman–Crippen LogP) is 3.90. The molecule has 8 nitrogen and oxygen atoms in total. The second kappa shape index (κ2) is 8.24. The van der Waals surface area contributed by atoms with Gasteiger partial charge in [0.05, 0.1) is 37.3 Å². The van der Waals surface area contributed by atoms with Crippen molar-refractivity contribution in [3.63, 3.8) is 0 Å². The summed E-state index contributed by atoms with van der Waals surface area (Å²) in [5.41, 5.74) is 2.17. The van der Waals surface area contributed by atoms with Gasteiger partial charge in [-0.2, -0.15) is 13.2 Å². The summed E-state index contributed by atoms with van der Waals surface area (Å²) < 4.78 is 48.1. The van der Waals surface area contributed by atoms with Gasteiger partial charge in [0.2, 0.25) is 5.88 Å². The van der Waals surface area contributed by atoms with Crippen LogP contribution in [-0.4, -0.2) is 54.9 Å². The second-order valence-corrected chi connectivity index (χ2v) is 8.17. The van der Waals surface area contributed by atoms with Gasteiger partial charge in [-0.1, -0.05) is 12.1 Å². The van der Waals surface area contributed by atoms with E-state index in [1.54, 1.807) is 18.1 Å². The molecule has 0 aliphatic carbocycles. The molecule has 0 amide bonds. The standard InChI is InChI=1S/C23H22F3N7O/c1-14-12-32(13-27-14)18-9-8-17(28-22(18)34-3)20-29-21-19(31(2)10-11-33(21)30-20)15-4-6-16(7-5-15)23(24,25)26/h4-9,12-13,19H,10-11H2,1-3H3/t19-/m1/s1. The maximum Gasteiger partial charge on any atom is 0.416 e. The summed E-state index contributed by atoms with van der Waals surface area (Å²) in [4.78, 5) is 15.6. The number of imidazole rings is 1. The smallest absolute Gasteiger partial charge is 0.416 e. The Labute approximate surface area is 193 Å². The zero-order chi connectivity index (χ0) is 24.0. The van der Waals surface area contributed by atoms with Crippen LogP contribution in [0.25, 0.3) is 17.2 Å². The van der Waals surface area contributed by atoms with Crippen molar-refractivity contribution in [3.8, 4) is 23.1 Å². The Hall–Kier alpha value is -3.73. The van der Waals surface area contributed by atoms with Crippen LogP contribution >= 0.6 is 0 Å². The SMILES string of the molecule is COc1nc(-c2nc3n(n2)CCN(C)[C@@H]3c2ccc(C(F)(F)F)cc2)ccc1-n1cnc(C)c1. The summed E-state index contributed by atoms with van der Waals surface area (Å²) in [6, 6.07) is 8.54. The minimum absolute atomic E-state index is 0.327. The Morgan fingerprint density at radius 3 is 2.44 bits per heavy atom. The molecule has 176 valence electrons. The molecule has 1 aliphatic heterocycles. The third-order valence-electron chi connectivity index (χ3n) is 5.86. The average Bonchev–Trinajstić information content (AvgIpc) is 3.44. The summed E-state index contributed by atoms with van der Waals surface area (Å²) in [6.45, 7) is 3.19. The molecule has 0 radical (unpaired) electrons. The monoisotopic (exact) mass is 469 g/mol. The molecule has 0 N–H and O–H groups in total. The largest absolute Gasteiger partial charge is 0.479 e. The molecule has 0 spiro atoms. The third-order valence-corrected chi connectivity index (χ3v) is 5.86. The van der Waals surface area contributed by atoms with Crippen molar-refractivity contribution in [1.82, 2.24) is 34.2 Å². The number of hydrogen-bond donors (Lipinski definition) is 0. The minimum Gasteiger partial charge on any atom is -0.479 e. The van der Waals surface area contributed by atoms with Crippen molar-refractivity contribution in [3.05, 3.63) is 71.6 Å². The van der Waals surface area contributed by atoms with Gasteiger partial charge in [0.25, 0.3) is 0 Å². The van der Waals surface area contributed by atoms with Crippen molar-refractivity contribution >= 4 is 0 Å². The number of methoxy groups -OCH3 is 1.